The van der Waals surface area contributed by atoms with E-state index in [1.165, 1.54) is 17.0 Å². The van der Waals surface area contributed by atoms with E-state index in [1.807, 2.05) is 0 Å². The van der Waals surface area contributed by atoms with Gasteiger partial charge in [-0.2, -0.15) is 13.2 Å². The number of benzene rings is 1. The molecular weight excluding hydrogens is 333 g/mol. The van der Waals surface area contributed by atoms with Gasteiger partial charge < -0.3 is 10.6 Å². The van der Waals surface area contributed by atoms with E-state index >= 15 is 0 Å². The first-order valence-corrected chi connectivity index (χ1v) is 7.92. The second-order valence-corrected chi connectivity index (χ2v) is 6.12. The van der Waals surface area contributed by atoms with E-state index in [2.05, 4.69) is 15.6 Å². The van der Waals surface area contributed by atoms with Crippen molar-refractivity contribution in [2.45, 2.75) is 31.2 Å². The van der Waals surface area contributed by atoms with E-state index in [1.54, 1.807) is 18.3 Å². The lowest BCUT2D eigenvalue weighted by Gasteiger charge is -2.26. The van der Waals surface area contributed by atoms with Crippen molar-refractivity contribution in [2.24, 2.45) is 0 Å². The molecule has 1 saturated carbocycles. The average molecular weight is 348 g/mol. The molecule has 4 rings (SSSR count). The average Bonchev–Trinajstić information content (AvgIpc) is 3.30. The van der Waals surface area contributed by atoms with Crippen LogP contribution in [0.3, 0.4) is 0 Å². The van der Waals surface area contributed by atoms with Gasteiger partial charge in [0.1, 0.15) is 0 Å². The number of carbonyl (C=O) groups is 1. The molecule has 2 N–H and O–H groups in total. The van der Waals surface area contributed by atoms with Crippen LogP contribution in [0.1, 0.15) is 18.4 Å². The number of carbonyl (C=O) groups excluding carboxylic acids is 1. The zero-order valence-electron chi connectivity index (χ0n) is 13.0. The first-order chi connectivity index (χ1) is 11.9. The maximum atomic E-state index is 13.1. The van der Waals surface area contributed by atoms with Crippen LogP contribution in [0.2, 0.25) is 0 Å². The molecule has 5 nitrogen and oxygen atoms in total. The number of aromatic nitrogens is 1. The highest BCUT2D eigenvalue weighted by Gasteiger charge is 2.39. The van der Waals surface area contributed by atoms with Crippen molar-refractivity contribution >= 4 is 23.1 Å². The van der Waals surface area contributed by atoms with Crippen molar-refractivity contribution in [3.8, 4) is 0 Å². The van der Waals surface area contributed by atoms with Crippen molar-refractivity contribution in [2.75, 3.05) is 10.2 Å². The van der Waals surface area contributed by atoms with Gasteiger partial charge in [-0.25, -0.2) is 4.98 Å². The summed E-state index contributed by atoms with van der Waals surface area (Å²) in [5, 5.41) is 5.93. The van der Waals surface area contributed by atoms with Crippen molar-refractivity contribution in [1.29, 1.82) is 0 Å². The fraction of sp³-hybridized carbons (Fsp3) is 0.294. The molecule has 0 bridgehead atoms. The van der Waals surface area contributed by atoms with Crippen LogP contribution in [-0.4, -0.2) is 23.1 Å². The number of fused-ring (bicyclic) bond motifs is 1. The highest BCUT2D eigenvalue weighted by molar-refractivity contribution is 5.96. The van der Waals surface area contributed by atoms with E-state index in [4.69, 9.17) is 0 Å². The summed E-state index contributed by atoms with van der Waals surface area (Å²) in [6.07, 6.45) is -1.90. The molecule has 2 aliphatic rings. The maximum absolute atomic E-state index is 13.1. The monoisotopic (exact) mass is 348 g/mol. The SMILES string of the molecule is O=C(NC1CC1)C1Nc2cccnc2N1c1cccc(C(F)(F)F)c1. The molecule has 2 heterocycles. The van der Waals surface area contributed by atoms with E-state index in [9.17, 15) is 18.0 Å². The van der Waals surface area contributed by atoms with Crippen molar-refractivity contribution in [1.82, 2.24) is 10.3 Å². The number of hydrogen-bond acceptors (Lipinski definition) is 4. The minimum absolute atomic E-state index is 0.148. The van der Waals surface area contributed by atoms with Crippen molar-refractivity contribution in [3.05, 3.63) is 48.2 Å². The number of nitrogens with zero attached hydrogens (tertiary/aromatic N) is 2. The van der Waals surface area contributed by atoms with Crippen LogP contribution in [0.15, 0.2) is 42.6 Å². The van der Waals surface area contributed by atoms with E-state index in [0.717, 1.165) is 25.0 Å². The molecule has 8 heteroatoms. The van der Waals surface area contributed by atoms with Crippen LogP contribution in [0.5, 0.6) is 0 Å². The summed E-state index contributed by atoms with van der Waals surface area (Å²) in [5.74, 6) is 0.149. The number of alkyl halides is 3. The predicted molar refractivity (Wildman–Crippen MR) is 86.4 cm³/mol. The number of rotatable bonds is 3. The summed E-state index contributed by atoms with van der Waals surface area (Å²) < 4.78 is 39.2. The molecule has 0 saturated heterocycles. The number of anilines is 3. The zero-order valence-corrected chi connectivity index (χ0v) is 13.0. The fourth-order valence-electron chi connectivity index (χ4n) is 2.83. The third kappa shape index (κ3) is 2.99. The normalized spacial score (nSPS) is 19.3. The molecule has 130 valence electrons. The number of hydrogen-bond donors (Lipinski definition) is 2. The molecule has 1 aliphatic carbocycles. The van der Waals surface area contributed by atoms with Gasteiger partial charge in [0, 0.05) is 17.9 Å². The summed E-state index contributed by atoms with van der Waals surface area (Å²) in [5.41, 5.74) is 0.0994. The Hall–Kier alpha value is -2.77. The third-order valence-corrected chi connectivity index (χ3v) is 4.19. The zero-order chi connectivity index (χ0) is 17.6. The molecule has 1 unspecified atom stereocenters. The first kappa shape index (κ1) is 15.7. The van der Waals surface area contributed by atoms with Gasteiger partial charge in [-0.1, -0.05) is 6.07 Å². The maximum Gasteiger partial charge on any atom is 0.416 e. The summed E-state index contributed by atoms with van der Waals surface area (Å²) >= 11 is 0. The Morgan fingerprint density at radius 3 is 2.76 bits per heavy atom. The fourth-order valence-corrected chi connectivity index (χ4v) is 2.83. The molecule has 0 spiro atoms. The molecule has 0 radical (unpaired) electrons. The van der Waals surface area contributed by atoms with Crippen LogP contribution in [0.25, 0.3) is 0 Å². The molecule has 1 aromatic carbocycles. The van der Waals surface area contributed by atoms with Crippen LogP contribution < -0.4 is 15.5 Å². The molecular formula is C17H15F3N4O. The van der Waals surface area contributed by atoms with Gasteiger partial charge in [0.25, 0.3) is 5.91 Å². The highest BCUT2D eigenvalue weighted by atomic mass is 19.4. The number of halogens is 3. The Kier molecular flexibility index (Phi) is 3.55. The Morgan fingerprint density at radius 1 is 1.24 bits per heavy atom. The molecule has 25 heavy (non-hydrogen) atoms. The Bertz CT molecular complexity index is 820. The second kappa shape index (κ2) is 5.65. The molecule has 2 aromatic rings. The minimum Gasteiger partial charge on any atom is -0.354 e. The van der Waals surface area contributed by atoms with Gasteiger partial charge in [-0.05, 0) is 43.2 Å². The van der Waals surface area contributed by atoms with Crippen LogP contribution >= 0.6 is 0 Å². The van der Waals surface area contributed by atoms with Crippen molar-refractivity contribution in [3.63, 3.8) is 0 Å². The topological polar surface area (TPSA) is 57.3 Å². The van der Waals surface area contributed by atoms with Crippen LogP contribution in [0.4, 0.5) is 30.4 Å². The largest absolute Gasteiger partial charge is 0.416 e. The van der Waals surface area contributed by atoms with Gasteiger partial charge in [0.05, 0.1) is 11.3 Å². The van der Waals surface area contributed by atoms with Gasteiger partial charge >= 0.3 is 6.18 Å². The quantitative estimate of drug-likeness (QED) is 0.894. The summed E-state index contributed by atoms with van der Waals surface area (Å²) in [6.45, 7) is 0. The predicted octanol–water partition coefficient (Wildman–Crippen LogP) is 3.27. The Labute approximate surface area is 141 Å². The third-order valence-electron chi connectivity index (χ3n) is 4.19. The van der Waals surface area contributed by atoms with Crippen LogP contribution in [0, 0.1) is 0 Å². The Morgan fingerprint density at radius 2 is 2.04 bits per heavy atom. The van der Waals surface area contributed by atoms with Crippen molar-refractivity contribution < 1.29 is 18.0 Å². The highest BCUT2D eigenvalue weighted by Crippen LogP contribution is 2.40. The molecule has 1 atom stereocenters. The van der Waals surface area contributed by atoms with Crippen LogP contribution in [-0.2, 0) is 11.0 Å². The van der Waals surface area contributed by atoms with Gasteiger partial charge in [-0.3, -0.25) is 9.69 Å². The standard InChI is InChI=1S/C17H15F3N4O/c18-17(19,20)10-3-1-4-12(9-10)24-14-13(5-2-8-21-14)23-15(24)16(25)22-11-6-7-11/h1-5,8-9,11,15,23H,6-7H2,(H,22,25). The molecule has 1 fully saturated rings. The van der Waals surface area contributed by atoms with Gasteiger partial charge in [-0.15, -0.1) is 0 Å². The number of pyridine rings is 1. The lowest BCUT2D eigenvalue weighted by molar-refractivity contribution is -0.137. The Balaban J connectivity index is 1.74. The summed E-state index contributed by atoms with van der Waals surface area (Å²) in [6, 6.07) is 8.50. The number of nitrogens with one attached hydrogen (secondary N) is 2. The smallest absolute Gasteiger partial charge is 0.354 e. The van der Waals surface area contributed by atoms with Gasteiger partial charge in [0.15, 0.2) is 12.0 Å². The van der Waals surface area contributed by atoms with E-state index in [0.29, 0.717) is 11.5 Å². The lowest BCUT2D eigenvalue weighted by Crippen LogP contribution is -2.47. The molecule has 1 aromatic heterocycles. The summed E-state index contributed by atoms with van der Waals surface area (Å²) in [7, 11) is 0. The van der Waals surface area contributed by atoms with E-state index in [-0.39, 0.29) is 17.6 Å². The molecule has 1 amide bonds. The first-order valence-electron chi connectivity index (χ1n) is 7.92. The number of amides is 1. The molecule has 1 aliphatic heterocycles. The van der Waals surface area contributed by atoms with Gasteiger partial charge in [0.2, 0.25) is 0 Å². The van der Waals surface area contributed by atoms with E-state index < -0.39 is 17.9 Å². The second-order valence-electron chi connectivity index (χ2n) is 6.12. The summed E-state index contributed by atoms with van der Waals surface area (Å²) in [4.78, 5) is 18.3. The lowest BCUT2D eigenvalue weighted by atomic mass is 10.1. The minimum atomic E-state index is -4.46.